The molecule has 0 bridgehead atoms. The minimum absolute atomic E-state index is 0.0109. The Hall–Kier alpha value is -1.42. The average molecular weight is 236 g/mol. The van der Waals surface area contributed by atoms with Crippen LogP contribution < -0.4 is 5.32 Å². The number of carbonyl (C=O) groups excluding carboxylic acids is 1. The zero-order valence-corrected chi connectivity index (χ0v) is 10.2. The first-order valence-corrected chi connectivity index (χ1v) is 5.74. The Kier molecular flexibility index (Phi) is 3.15. The van der Waals surface area contributed by atoms with Crippen molar-refractivity contribution in [3.8, 4) is 0 Å². The molecule has 0 heterocycles. The van der Waals surface area contributed by atoms with E-state index in [9.17, 15) is 9.18 Å². The maximum Gasteiger partial charge on any atom is 0.234 e. The zero-order valence-electron chi connectivity index (χ0n) is 10.2. The highest BCUT2D eigenvalue weighted by molar-refractivity contribution is 5.79. The summed E-state index contributed by atoms with van der Waals surface area (Å²) in [6, 6.07) is 6.37. The van der Waals surface area contributed by atoms with Crippen molar-refractivity contribution < 1.29 is 9.18 Å². The second-order valence-corrected chi connectivity index (χ2v) is 4.87. The Labute approximate surface area is 101 Å². The van der Waals surface area contributed by atoms with Gasteiger partial charge in [0.25, 0.3) is 0 Å². The van der Waals surface area contributed by atoms with E-state index < -0.39 is 0 Å². The lowest BCUT2D eigenvalue weighted by Crippen LogP contribution is -2.40. The minimum Gasteiger partial charge on any atom is -0.345 e. The van der Waals surface area contributed by atoms with Crippen molar-refractivity contribution in [3.05, 3.63) is 35.6 Å². The Balaban J connectivity index is 2.05. The molecule has 0 unspecified atom stereocenters. The van der Waals surface area contributed by atoms with Crippen molar-refractivity contribution >= 4 is 5.91 Å². The maximum absolute atomic E-state index is 12.8. The van der Waals surface area contributed by atoms with Gasteiger partial charge in [-0.1, -0.05) is 12.1 Å². The summed E-state index contributed by atoms with van der Waals surface area (Å²) in [7, 11) is 3.72. The lowest BCUT2D eigenvalue weighted by atomic mass is 10.0. The van der Waals surface area contributed by atoms with Crippen LogP contribution in [0.5, 0.6) is 0 Å². The standard InChI is InChI=1S/C13H17FN2O/c1-16(2)9-12(17)15-13(7-8-13)10-3-5-11(14)6-4-10/h3-6H,7-9H2,1-2H3,(H,15,17). The molecular weight excluding hydrogens is 219 g/mol. The van der Waals surface area contributed by atoms with Crippen LogP contribution in [0.3, 0.4) is 0 Å². The number of rotatable bonds is 4. The van der Waals surface area contributed by atoms with Gasteiger partial charge in [0.05, 0.1) is 12.1 Å². The number of halogens is 1. The molecule has 0 spiro atoms. The van der Waals surface area contributed by atoms with Gasteiger partial charge in [0, 0.05) is 0 Å². The summed E-state index contributed by atoms with van der Waals surface area (Å²) in [4.78, 5) is 13.6. The van der Waals surface area contributed by atoms with Crippen LogP contribution in [0.2, 0.25) is 0 Å². The smallest absolute Gasteiger partial charge is 0.234 e. The number of amides is 1. The lowest BCUT2D eigenvalue weighted by Gasteiger charge is -2.19. The highest BCUT2D eigenvalue weighted by atomic mass is 19.1. The van der Waals surface area contributed by atoms with E-state index in [1.165, 1.54) is 12.1 Å². The van der Waals surface area contributed by atoms with Gasteiger partial charge >= 0.3 is 0 Å². The SMILES string of the molecule is CN(C)CC(=O)NC1(c2ccc(F)cc2)CC1. The van der Waals surface area contributed by atoms with Gasteiger partial charge in [-0.25, -0.2) is 4.39 Å². The maximum atomic E-state index is 12.8. The number of hydrogen-bond donors (Lipinski definition) is 1. The topological polar surface area (TPSA) is 32.3 Å². The predicted octanol–water partition coefficient (Wildman–Crippen LogP) is 1.49. The molecule has 1 fully saturated rings. The summed E-state index contributed by atoms with van der Waals surface area (Å²) in [5.41, 5.74) is 0.742. The molecule has 1 aromatic rings. The van der Waals surface area contributed by atoms with Crippen LogP contribution in [0, 0.1) is 5.82 Å². The van der Waals surface area contributed by atoms with Crippen molar-refractivity contribution in [2.75, 3.05) is 20.6 Å². The van der Waals surface area contributed by atoms with Crippen LogP contribution >= 0.6 is 0 Å². The van der Waals surface area contributed by atoms with Crippen molar-refractivity contribution in [2.24, 2.45) is 0 Å². The first-order chi connectivity index (χ1) is 8.02. The Morgan fingerprint density at radius 1 is 1.35 bits per heavy atom. The van der Waals surface area contributed by atoms with Crippen molar-refractivity contribution in [3.63, 3.8) is 0 Å². The van der Waals surface area contributed by atoms with Gasteiger partial charge in [0.1, 0.15) is 5.82 Å². The third kappa shape index (κ3) is 2.82. The summed E-state index contributed by atoms with van der Waals surface area (Å²) in [6.07, 6.45) is 1.86. The Bertz CT molecular complexity index is 410. The fourth-order valence-electron chi connectivity index (χ4n) is 1.97. The van der Waals surface area contributed by atoms with Crippen LogP contribution in [0.25, 0.3) is 0 Å². The van der Waals surface area contributed by atoms with Gasteiger partial charge in [-0.2, -0.15) is 0 Å². The summed E-state index contributed by atoms with van der Waals surface area (Å²) in [6.45, 7) is 0.378. The van der Waals surface area contributed by atoms with E-state index in [1.54, 1.807) is 12.1 Å². The van der Waals surface area contributed by atoms with Crippen LogP contribution in [0.4, 0.5) is 4.39 Å². The quantitative estimate of drug-likeness (QED) is 0.859. The number of likely N-dealkylation sites (N-methyl/N-ethyl adjacent to an activating group) is 1. The second kappa shape index (κ2) is 4.45. The highest BCUT2D eigenvalue weighted by Gasteiger charge is 2.45. The third-order valence-corrected chi connectivity index (χ3v) is 2.99. The first-order valence-electron chi connectivity index (χ1n) is 5.74. The molecule has 0 saturated heterocycles. The fraction of sp³-hybridized carbons (Fsp3) is 0.462. The van der Waals surface area contributed by atoms with E-state index in [0.717, 1.165) is 18.4 Å². The van der Waals surface area contributed by atoms with E-state index in [4.69, 9.17) is 0 Å². The van der Waals surface area contributed by atoms with Crippen LogP contribution in [0.15, 0.2) is 24.3 Å². The third-order valence-electron chi connectivity index (χ3n) is 2.99. The predicted molar refractivity (Wildman–Crippen MR) is 64.0 cm³/mol. The monoisotopic (exact) mass is 236 g/mol. The molecule has 0 aliphatic heterocycles. The number of nitrogens with one attached hydrogen (secondary N) is 1. The number of hydrogen-bond acceptors (Lipinski definition) is 2. The van der Waals surface area contributed by atoms with Gasteiger partial charge in [0.2, 0.25) is 5.91 Å². The minimum atomic E-state index is -0.249. The van der Waals surface area contributed by atoms with Crippen LogP contribution in [-0.4, -0.2) is 31.4 Å². The molecular formula is C13H17FN2O. The van der Waals surface area contributed by atoms with Gasteiger partial charge in [-0.15, -0.1) is 0 Å². The molecule has 17 heavy (non-hydrogen) atoms. The Morgan fingerprint density at radius 3 is 2.41 bits per heavy atom. The Morgan fingerprint density at radius 2 is 1.94 bits per heavy atom. The molecule has 1 saturated carbocycles. The summed E-state index contributed by atoms with van der Waals surface area (Å²) in [5.74, 6) is -0.235. The van der Waals surface area contributed by atoms with Gasteiger partial charge in [-0.05, 0) is 44.6 Å². The van der Waals surface area contributed by atoms with Crippen molar-refractivity contribution in [2.45, 2.75) is 18.4 Å². The van der Waals surface area contributed by atoms with Crippen LogP contribution in [0.1, 0.15) is 18.4 Å². The van der Waals surface area contributed by atoms with E-state index >= 15 is 0 Å². The van der Waals surface area contributed by atoms with Gasteiger partial charge in [-0.3, -0.25) is 4.79 Å². The molecule has 92 valence electrons. The second-order valence-electron chi connectivity index (χ2n) is 4.87. The molecule has 0 radical (unpaired) electrons. The normalized spacial score (nSPS) is 16.9. The molecule has 1 N–H and O–H groups in total. The van der Waals surface area contributed by atoms with E-state index in [1.807, 2.05) is 19.0 Å². The molecule has 4 heteroatoms. The number of benzene rings is 1. The summed E-state index contributed by atoms with van der Waals surface area (Å²) >= 11 is 0. The molecule has 1 aliphatic carbocycles. The largest absolute Gasteiger partial charge is 0.345 e. The molecule has 1 aromatic carbocycles. The fourth-order valence-corrected chi connectivity index (χ4v) is 1.97. The van der Waals surface area contributed by atoms with Crippen LogP contribution in [-0.2, 0) is 10.3 Å². The molecule has 0 aromatic heterocycles. The molecule has 0 atom stereocenters. The first kappa shape index (κ1) is 12.0. The molecule has 1 amide bonds. The molecule has 2 rings (SSSR count). The molecule has 3 nitrogen and oxygen atoms in total. The van der Waals surface area contributed by atoms with Crippen molar-refractivity contribution in [1.29, 1.82) is 0 Å². The van der Waals surface area contributed by atoms with Gasteiger partial charge < -0.3 is 10.2 Å². The van der Waals surface area contributed by atoms with Crippen molar-refractivity contribution in [1.82, 2.24) is 10.2 Å². The number of carbonyl (C=O) groups is 1. The van der Waals surface area contributed by atoms with Gasteiger partial charge in [0.15, 0.2) is 0 Å². The highest BCUT2D eigenvalue weighted by Crippen LogP contribution is 2.45. The van der Waals surface area contributed by atoms with E-state index in [0.29, 0.717) is 6.54 Å². The summed E-state index contributed by atoms with van der Waals surface area (Å²) < 4.78 is 12.8. The zero-order chi connectivity index (χ0) is 12.5. The lowest BCUT2D eigenvalue weighted by molar-refractivity contribution is -0.122. The van der Waals surface area contributed by atoms with E-state index in [2.05, 4.69) is 5.32 Å². The average Bonchev–Trinajstić information content (AvgIpc) is 2.98. The summed E-state index contributed by atoms with van der Waals surface area (Å²) in [5, 5.41) is 3.03. The van der Waals surface area contributed by atoms with E-state index in [-0.39, 0.29) is 17.3 Å². The molecule has 1 aliphatic rings. The number of nitrogens with zero attached hydrogens (tertiary/aromatic N) is 1.